The Morgan fingerprint density at radius 3 is 2.89 bits per heavy atom. The lowest BCUT2D eigenvalue weighted by atomic mass is 10.1. The first-order chi connectivity index (χ1) is 14.6. The van der Waals surface area contributed by atoms with Crippen molar-refractivity contribution >= 4 is 34.2 Å². The molecule has 0 saturated heterocycles. The number of carbonyl (C=O) groups is 1. The van der Waals surface area contributed by atoms with Crippen LogP contribution in [-0.4, -0.2) is 45.4 Å². The van der Waals surface area contributed by atoms with Crippen LogP contribution in [0.5, 0.6) is 0 Å². The van der Waals surface area contributed by atoms with Gasteiger partial charge in [-0.05, 0) is 36.4 Å². The molecular formula is C19H17ClN2O5. The van der Waals surface area contributed by atoms with Crippen molar-refractivity contribution in [1.29, 1.82) is 0 Å². The Morgan fingerprint density at radius 1 is 1.33 bits per heavy atom. The predicted molar refractivity (Wildman–Crippen MR) is 99.2 cm³/mol. The van der Waals surface area contributed by atoms with E-state index in [1.807, 2.05) is 0 Å². The van der Waals surface area contributed by atoms with Crippen LogP contribution in [0.15, 0.2) is 59.6 Å². The molecule has 0 bridgehead atoms. The normalized spacial score (nSPS) is 15.0. The highest BCUT2D eigenvalue weighted by Crippen LogP contribution is 2.21. The van der Waals surface area contributed by atoms with E-state index >= 15 is 0 Å². The molecule has 27 heavy (non-hydrogen) atoms. The first-order valence-electron chi connectivity index (χ1n) is 9.77. The molecule has 0 aliphatic carbocycles. The van der Waals surface area contributed by atoms with Gasteiger partial charge in [0, 0.05) is 16.6 Å². The van der Waals surface area contributed by atoms with Crippen molar-refractivity contribution in [3.8, 4) is 0 Å². The molecule has 1 heterocycles. The minimum Gasteiger partial charge on any atom is -0.459 e. The average molecular weight is 393 g/mol. The van der Waals surface area contributed by atoms with Gasteiger partial charge in [0.25, 0.3) is 0 Å². The van der Waals surface area contributed by atoms with E-state index < -0.39 is 55.0 Å². The number of hydrogen-bond donors (Lipinski definition) is 3. The van der Waals surface area contributed by atoms with E-state index in [2.05, 4.69) is 4.99 Å². The highest BCUT2D eigenvalue weighted by atomic mass is 35.5. The van der Waals surface area contributed by atoms with E-state index in [0.717, 1.165) is 4.73 Å². The summed E-state index contributed by atoms with van der Waals surface area (Å²) >= 11 is 5.97. The number of pyridine rings is 1. The Bertz CT molecular complexity index is 1250. The number of ether oxygens (including phenoxy) is 1. The molecule has 0 saturated carbocycles. The summed E-state index contributed by atoms with van der Waals surface area (Å²) in [5, 5.41) is 29.3. The molecule has 1 atom stereocenters. The Morgan fingerprint density at radius 2 is 2.11 bits per heavy atom. The first-order valence-corrected chi connectivity index (χ1v) is 8.14. The molecular weight excluding hydrogens is 372 g/mol. The first kappa shape index (κ1) is 14.2. The smallest absolute Gasteiger partial charge is 0.340 e. The number of aliphatic hydroxyl groups excluding tert-OH is 2. The third-order valence-corrected chi connectivity index (χ3v) is 3.81. The second kappa shape index (κ2) is 8.22. The monoisotopic (exact) mass is 392 g/mol. The van der Waals surface area contributed by atoms with E-state index in [-0.39, 0.29) is 16.6 Å². The lowest BCUT2D eigenvalue weighted by Crippen LogP contribution is -2.22. The minimum absolute atomic E-state index is 0.200. The summed E-state index contributed by atoms with van der Waals surface area (Å²) in [5.74, 6) is -1.14. The van der Waals surface area contributed by atoms with Crippen molar-refractivity contribution in [2.24, 2.45) is 4.99 Å². The second-order valence-electron chi connectivity index (χ2n) is 5.48. The molecule has 0 radical (unpaired) electrons. The van der Waals surface area contributed by atoms with Gasteiger partial charge in [-0.2, -0.15) is 4.73 Å². The predicted octanol–water partition coefficient (Wildman–Crippen LogP) is 2.27. The van der Waals surface area contributed by atoms with Crippen LogP contribution in [0.2, 0.25) is 5.02 Å². The Hall–Kier alpha value is -2.87. The van der Waals surface area contributed by atoms with E-state index in [1.165, 1.54) is 18.3 Å². The van der Waals surface area contributed by atoms with Gasteiger partial charge in [0.05, 0.1) is 34.2 Å². The summed E-state index contributed by atoms with van der Waals surface area (Å²) < 4.78 is 37.8. The maximum atomic E-state index is 12.6. The Labute approximate surface area is 164 Å². The Balaban J connectivity index is 2.28. The van der Waals surface area contributed by atoms with Crippen LogP contribution in [0.3, 0.4) is 0 Å². The van der Waals surface area contributed by atoms with Gasteiger partial charge in [0.1, 0.15) is 12.7 Å². The van der Waals surface area contributed by atoms with Gasteiger partial charge in [0.15, 0.2) is 0 Å². The number of rotatable bonds is 5. The van der Waals surface area contributed by atoms with Gasteiger partial charge in [-0.3, -0.25) is 0 Å². The van der Waals surface area contributed by atoms with Crippen molar-refractivity contribution in [3.05, 3.63) is 70.6 Å². The lowest BCUT2D eigenvalue weighted by molar-refractivity contribution is 0.00939. The van der Waals surface area contributed by atoms with Crippen molar-refractivity contribution in [3.63, 3.8) is 0 Å². The van der Waals surface area contributed by atoms with Crippen LogP contribution >= 0.6 is 11.6 Å². The second-order valence-corrected chi connectivity index (χ2v) is 5.91. The maximum absolute atomic E-state index is 12.6. The molecule has 2 aromatic carbocycles. The van der Waals surface area contributed by atoms with Crippen molar-refractivity contribution < 1.29 is 30.4 Å². The van der Waals surface area contributed by atoms with Crippen molar-refractivity contribution in [2.45, 2.75) is 6.10 Å². The van der Waals surface area contributed by atoms with Crippen LogP contribution < -0.4 is 5.36 Å². The summed E-state index contributed by atoms with van der Waals surface area (Å²) in [6.45, 7) is -1.23. The summed E-state index contributed by atoms with van der Waals surface area (Å²) in [5.41, 5.74) is -0.620. The van der Waals surface area contributed by atoms with E-state index in [0.29, 0.717) is 10.4 Å². The topological polar surface area (TPSA) is 104 Å². The molecule has 0 spiro atoms. The van der Waals surface area contributed by atoms with Gasteiger partial charge >= 0.3 is 5.97 Å². The standard InChI is InChI=1S/C19H17ClN2O5/c20-12-5-6-14-17(7-8-22(26)18(14)9-12)21-16-4-2-1-3-15(16)19(25)27-11-13(24)10-23/h1-9,13,23-24,26H,10-11H2/i1D,2D,3D,4D. The SMILES string of the molecule is [2H]c1c([2H])c([2H])c(C(=O)OCC(O)CO)c(N=c2ccn(O)c3cc(Cl)ccc23)c1[2H]. The Kier molecular flexibility index (Phi) is 4.33. The number of nitrogens with zero attached hydrogens (tertiary/aromatic N) is 2. The zero-order valence-corrected chi connectivity index (χ0v) is 14.6. The molecule has 3 rings (SSSR count). The number of aromatic nitrogens is 1. The van der Waals surface area contributed by atoms with Crippen LogP contribution in [0.25, 0.3) is 10.9 Å². The molecule has 3 aromatic rings. The third kappa shape index (κ3) is 4.28. The van der Waals surface area contributed by atoms with Gasteiger partial charge in [-0.25, -0.2) is 9.79 Å². The largest absolute Gasteiger partial charge is 0.459 e. The van der Waals surface area contributed by atoms with Crippen LogP contribution in [0.1, 0.15) is 15.8 Å². The number of esters is 1. The molecule has 8 heteroatoms. The zero-order chi connectivity index (χ0) is 22.9. The third-order valence-electron chi connectivity index (χ3n) is 3.58. The van der Waals surface area contributed by atoms with Gasteiger partial charge in [0.2, 0.25) is 0 Å². The molecule has 0 amide bonds. The summed E-state index contributed by atoms with van der Waals surface area (Å²) in [6.07, 6.45) is -0.0820. The molecule has 0 fully saturated rings. The van der Waals surface area contributed by atoms with Crippen LogP contribution in [-0.2, 0) is 4.74 Å². The fraction of sp³-hybridized carbons (Fsp3) is 0.158. The summed E-state index contributed by atoms with van der Waals surface area (Å²) in [4.78, 5) is 16.9. The van der Waals surface area contributed by atoms with E-state index in [4.69, 9.17) is 26.9 Å². The number of carbonyl (C=O) groups excluding carboxylic acids is 1. The molecule has 0 aliphatic heterocycles. The minimum atomic E-state index is -1.34. The summed E-state index contributed by atoms with van der Waals surface area (Å²) in [7, 11) is 0. The number of hydrogen-bond acceptors (Lipinski definition) is 6. The molecule has 140 valence electrons. The van der Waals surface area contributed by atoms with Gasteiger partial charge in [-0.1, -0.05) is 23.7 Å². The summed E-state index contributed by atoms with van der Waals surface area (Å²) in [6, 6.07) is 3.48. The molecule has 1 unspecified atom stereocenters. The number of benzene rings is 2. The van der Waals surface area contributed by atoms with E-state index in [9.17, 15) is 15.1 Å². The zero-order valence-electron chi connectivity index (χ0n) is 17.8. The van der Waals surface area contributed by atoms with Gasteiger partial charge < -0.3 is 20.2 Å². The quantitative estimate of drug-likeness (QED) is 0.456. The number of aliphatic hydroxyl groups is 2. The molecule has 1 aromatic heterocycles. The lowest BCUT2D eigenvalue weighted by Gasteiger charge is -2.10. The van der Waals surface area contributed by atoms with E-state index in [1.54, 1.807) is 12.1 Å². The van der Waals surface area contributed by atoms with Gasteiger partial charge in [-0.15, -0.1) is 0 Å². The fourth-order valence-corrected chi connectivity index (χ4v) is 2.44. The number of halogens is 1. The molecule has 7 nitrogen and oxygen atoms in total. The fourth-order valence-electron chi connectivity index (χ4n) is 2.27. The molecule has 0 aliphatic rings. The van der Waals surface area contributed by atoms with Crippen molar-refractivity contribution in [2.75, 3.05) is 13.2 Å². The average Bonchev–Trinajstić information content (AvgIpc) is 2.76. The maximum Gasteiger partial charge on any atom is 0.340 e. The highest BCUT2D eigenvalue weighted by molar-refractivity contribution is 6.31. The van der Waals surface area contributed by atoms with Crippen molar-refractivity contribution in [1.82, 2.24) is 4.73 Å². The van der Waals surface area contributed by atoms with Crippen LogP contribution in [0.4, 0.5) is 5.69 Å². The highest BCUT2D eigenvalue weighted by Gasteiger charge is 2.14. The van der Waals surface area contributed by atoms with Crippen LogP contribution in [0, 0.1) is 0 Å². The number of para-hydroxylation sites is 1. The molecule has 3 N–H and O–H groups in total. The number of fused-ring (bicyclic) bond motifs is 1.